The van der Waals surface area contributed by atoms with Gasteiger partial charge >= 0.3 is 0 Å². The van der Waals surface area contributed by atoms with Gasteiger partial charge in [0.1, 0.15) is 13.1 Å². The first-order chi connectivity index (χ1) is 9.31. The van der Waals surface area contributed by atoms with Crippen LogP contribution >= 0.6 is 0 Å². The van der Waals surface area contributed by atoms with E-state index in [1.54, 1.807) is 0 Å². The summed E-state index contributed by atoms with van der Waals surface area (Å²) < 4.78 is 2.43. The molecule has 0 unspecified atom stereocenters. The zero-order valence-electron chi connectivity index (χ0n) is 14.7. The molecule has 0 aromatic rings. The third-order valence-electron chi connectivity index (χ3n) is 7.05. The highest BCUT2D eigenvalue weighted by Crippen LogP contribution is 2.47. The molecule has 3 rings (SSSR count). The van der Waals surface area contributed by atoms with Crippen LogP contribution in [0.4, 0.5) is 0 Å². The molecule has 0 bridgehead atoms. The quantitative estimate of drug-likeness (QED) is 0.638. The Hall–Kier alpha value is -0.0800. The molecule has 2 saturated carbocycles. The van der Waals surface area contributed by atoms with Gasteiger partial charge in [-0.2, -0.15) is 0 Å². The van der Waals surface area contributed by atoms with Gasteiger partial charge < -0.3 is 0 Å². The highest BCUT2D eigenvalue weighted by molar-refractivity contribution is 4.83. The third kappa shape index (κ3) is 2.78. The first-order valence-electron chi connectivity index (χ1n) is 8.97. The lowest BCUT2D eigenvalue weighted by Crippen LogP contribution is -2.68. The number of hydrogen-bond acceptors (Lipinski definition) is 0. The summed E-state index contributed by atoms with van der Waals surface area (Å²) in [4.78, 5) is 0. The second-order valence-corrected chi connectivity index (χ2v) is 8.66. The summed E-state index contributed by atoms with van der Waals surface area (Å²) in [7, 11) is 9.74. The van der Waals surface area contributed by atoms with Gasteiger partial charge in [-0.25, -0.2) is 0 Å². The van der Waals surface area contributed by atoms with Gasteiger partial charge in [0.05, 0.1) is 34.1 Å². The van der Waals surface area contributed by atoms with E-state index in [0.29, 0.717) is 5.66 Å². The first kappa shape index (κ1) is 16.3. The van der Waals surface area contributed by atoms with E-state index in [2.05, 4.69) is 35.1 Å². The Kier molecular flexibility index (Phi) is 4.86. The summed E-state index contributed by atoms with van der Waals surface area (Å²) in [5.41, 5.74) is 0.441. The van der Waals surface area contributed by atoms with E-state index in [0.717, 1.165) is 5.92 Å². The van der Waals surface area contributed by atoms with Gasteiger partial charge in [0, 0.05) is 6.92 Å². The summed E-state index contributed by atoms with van der Waals surface area (Å²) in [5.74, 6) is 0.935. The summed E-state index contributed by atoms with van der Waals surface area (Å²) in [6, 6.07) is 0. The maximum absolute atomic E-state index is 2.54. The topological polar surface area (TPSA) is 0 Å². The van der Waals surface area contributed by atoms with Crippen LogP contribution < -0.4 is 0 Å². The second kappa shape index (κ2) is 5.96. The Morgan fingerprint density at radius 2 is 1.00 bits per heavy atom. The molecule has 118 valence electrons. The van der Waals surface area contributed by atoms with E-state index in [1.807, 2.05) is 0 Å². The molecule has 1 saturated heterocycles. The Balaban J connectivity index is 0.000000247. The predicted octanol–water partition coefficient (Wildman–Crippen LogP) is 4.01. The third-order valence-corrected chi connectivity index (χ3v) is 7.05. The van der Waals surface area contributed by atoms with Gasteiger partial charge in [-0.05, 0) is 12.8 Å². The minimum absolute atomic E-state index is 0.441. The Morgan fingerprint density at radius 3 is 1.35 bits per heavy atom. The molecule has 2 aliphatic carbocycles. The highest BCUT2D eigenvalue weighted by atomic mass is 15.6. The van der Waals surface area contributed by atoms with E-state index in [9.17, 15) is 0 Å². The largest absolute Gasteiger partial charge is 0.273 e. The number of hydrogen-bond donors (Lipinski definition) is 0. The monoisotopic (exact) mass is 282 g/mol. The smallest absolute Gasteiger partial charge is 0.225 e. The fourth-order valence-electron chi connectivity index (χ4n) is 5.03. The number of likely N-dealkylation sites (N-methyl/N-ethyl adjacent to an activating group) is 2. The molecule has 0 atom stereocenters. The van der Waals surface area contributed by atoms with Crippen LogP contribution in [-0.2, 0) is 0 Å². The van der Waals surface area contributed by atoms with Gasteiger partial charge in [0.15, 0.2) is 0 Å². The zero-order chi connectivity index (χ0) is 14.9. The van der Waals surface area contributed by atoms with E-state index < -0.39 is 0 Å². The van der Waals surface area contributed by atoms with Crippen molar-refractivity contribution in [2.45, 2.75) is 70.4 Å². The maximum Gasteiger partial charge on any atom is 0.225 e. The molecule has 0 aromatic carbocycles. The van der Waals surface area contributed by atoms with Crippen LogP contribution in [0.1, 0.15) is 64.7 Å². The standard InChI is InChI=1S/C13H28N2.C5H10/c1-13(12-8-6-7-9-12)14(2,3)10-11-15(13,4)5;1-2-4-5-3-1/h12H,6-11H2,1-5H3;1-5H2/q+2;. The lowest BCUT2D eigenvalue weighted by molar-refractivity contribution is -1.09. The first-order valence-corrected chi connectivity index (χ1v) is 8.97. The average molecular weight is 283 g/mol. The molecule has 1 heterocycles. The van der Waals surface area contributed by atoms with Gasteiger partial charge in [0.25, 0.3) is 0 Å². The van der Waals surface area contributed by atoms with Gasteiger partial charge in [-0.3, -0.25) is 8.97 Å². The van der Waals surface area contributed by atoms with Crippen LogP contribution in [0, 0.1) is 5.92 Å². The van der Waals surface area contributed by atoms with Crippen molar-refractivity contribution in [3.8, 4) is 0 Å². The molecule has 1 aliphatic heterocycles. The van der Waals surface area contributed by atoms with Gasteiger partial charge in [-0.15, -0.1) is 0 Å². The lowest BCUT2D eigenvalue weighted by Gasteiger charge is -2.49. The van der Waals surface area contributed by atoms with Crippen molar-refractivity contribution >= 4 is 0 Å². The molecule has 0 radical (unpaired) electrons. The second-order valence-electron chi connectivity index (χ2n) is 8.66. The van der Waals surface area contributed by atoms with Crippen molar-refractivity contribution in [3.63, 3.8) is 0 Å². The molecule has 2 nitrogen and oxygen atoms in total. The SMILES string of the molecule is C1CCCC1.CC1(C2CCCC2)[N+](C)(C)CC[N+]1(C)C. The highest BCUT2D eigenvalue weighted by Gasteiger charge is 2.63. The van der Waals surface area contributed by atoms with Crippen LogP contribution in [0.25, 0.3) is 0 Å². The molecule has 2 heteroatoms. The molecular formula is C18H38N2+2. The van der Waals surface area contributed by atoms with E-state index in [1.165, 1.54) is 79.8 Å². The van der Waals surface area contributed by atoms with Crippen molar-refractivity contribution in [2.75, 3.05) is 41.3 Å². The fraction of sp³-hybridized carbons (Fsp3) is 1.00. The molecule has 3 aliphatic rings. The number of quaternary nitrogens is 2. The summed E-state index contributed by atoms with van der Waals surface area (Å²) in [6.07, 6.45) is 13.3. The van der Waals surface area contributed by atoms with Crippen LogP contribution in [0.2, 0.25) is 0 Å². The Bertz CT molecular complexity index is 286. The van der Waals surface area contributed by atoms with Crippen LogP contribution in [0.5, 0.6) is 0 Å². The molecular weight excluding hydrogens is 244 g/mol. The number of rotatable bonds is 1. The van der Waals surface area contributed by atoms with Crippen molar-refractivity contribution in [1.29, 1.82) is 0 Å². The van der Waals surface area contributed by atoms with Crippen molar-refractivity contribution in [2.24, 2.45) is 5.92 Å². The molecule has 0 amide bonds. The zero-order valence-corrected chi connectivity index (χ0v) is 14.7. The normalized spacial score (nSPS) is 31.1. The molecule has 20 heavy (non-hydrogen) atoms. The predicted molar refractivity (Wildman–Crippen MR) is 87.4 cm³/mol. The van der Waals surface area contributed by atoms with Crippen LogP contribution in [0.3, 0.4) is 0 Å². The van der Waals surface area contributed by atoms with Crippen molar-refractivity contribution in [3.05, 3.63) is 0 Å². The molecule has 0 N–H and O–H groups in total. The Labute approximate surface area is 127 Å². The van der Waals surface area contributed by atoms with Gasteiger partial charge in [0.2, 0.25) is 5.66 Å². The number of nitrogens with zero attached hydrogens (tertiary/aromatic N) is 2. The fourth-order valence-corrected chi connectivity index (χ4v) is 5.03. The Morgan fingerprint density at radius 1 is 0.650 bits per heavy atom. The molecule has 3 fully saturated rings. The average Bonchev–Trinajstić information content (AvgIpc) is 3.11. The minimum atomic E-state index is 0.441. The maximum atomic E-state index is 2.54. The van der Waals surface area contributed by atoms with Crippen molar-refractivity contribution < 1.29 is 8.97 Å². The van der Waals surface area contributed by atoms with E-state index >= 15 is 0 Å². The lowest BCUT2D eigenvalue weighted by atomic mass is 9.88. The van der Waals surface area contributed by atoms with Crippen LogP contribution in [0.15, 0.2) is 0 Å². The molecule has 0 spiro atoms. The minimum Gasteiger partial charge on any atom is -0.273 e. The molecule has 0 aromatic heterocycles. The van der Waals surface area contributed by atoms with Crippen LogP contribution in [-0.4, -0.2) is 55.9 Å². The summed E-state index contributed by atoms with van der Waals surface area (Å²) in [6.45, 7) is 5.20. The summed E-state index contributed by atoms with van der Waals surface area (Å²) >= 11 is 0. The summed E-state index contributed by atoms with van der Waals surface area (Å²) in [5, 5.41) is 0. The van der Waals surface area contributed by atoms with E-state index in [4.69, 9.17) is 0 Å². The van der Waals surface area contributed by atoms with Crippen molar-refractivity contribution in [1.82, 2.24) is 0 Å². The van der Waals surface area contributed by atoms with Gasteiger partial charge in [-0.1, -0.05) is 44.9 Å². The van der Waals surface area contributed by atoms with E-state index in [-0.39, 0.29) is 0 Å².